The van der Waals surface area contributed by atoms with Gasteiger partial charge in [-0.1, -0.05) is 18.2 Å². The van der Waals surface area contributed by atoms with E-state index in [0.29, 0.717) is 51.9 Å². The normalized spacial score (nSPS) is 14.3. The van der Waals surface area contributed by atoms with Crippen molar-refractivity contribution >= 4 is 44.2 Å². The van der Waals surface area contributed by atoms with Crippen molar-refractivity contribution in [1.82, 2.24) is 48.7 Å². The van der Waals surface area contributed by atoms with Gasteiger partial charge in [-0.15, -0.1) is 9.19 Å². The van der Waals surface area contributed by atoms with Gasteiger partial charge in [0.2, 0.25) is 0 Å². The van der Waals surface area contributed by atoms with Crippen molar-refractivity contribution < 1.29 is 17.6 Å². The average molecular weight is 699 g/mol. The number of rotatable bonds is 12. The zero-order valence-corrected chi connectivity index (χ0v) is 28.0. The first-order valence-corrected chi connectivity index (χ1v) is 17.5. The van der Waals surface area contributed by atoms with Crippen LogP contribution in [0.2, 0.25) is 0 Å². The number of amides is 1. The number of piperazine rings is 1. The van der Waals surface area contributed by atoms with E-state index < -0.39 is 15.8 Å². The minimum atomic E-state index is -4.02. The van der Waals surface area contributed by atoms with Crippen LogP contribution in [-0.4, -0.2) is 96.3 Å². The van der Waals surface area contributed by atoms with Crippen molar-refractivity contribution in [3.8, 4) is 0 Å². The van der Waals surface area contributed by atoms with Crippen LogP contribution >= 0.6 is 0 Å². The van der Waals surface area contributed by atoms with Crippen LogP contribution < -0.4 is 10.6 Å². The molecular weight excluding hydrogens is 664 g/mol. The van der Waals surface area contributed by atoms with Crippen LogP contribution in [0.1, 0.15) is 28.0 Å². The number of hydrogen-bond donors (Lipinski definition) is 3. The fourth-order valence-electron chi connectivity index (χ4n) is 5.88. The zero-order chi connectivity index (χ0) is 34.7. The Morgan fingerprint density at radius 3 is 2.60 bits per heavy atom. The molecule has 2 aromatic carbocycles. The standard InChI is InChI=1S/C33H35FN12O3S/c1-43-13-15-44(16-14-43)19-23-4-7-25(8-5-23)40-33(47)30-29(18-38-42-30)41-31-27-10-12-45(32(27)37-21-36-31)11-2-3-24-6-9-26(17-28(24)34)50(48,49)46-22-35-20-39-46/h4-10,12,17-18,20-22H,2-3,11,13-16,19H2,1H3,(H,38,42)(H,40,47)(H,36,37,41). The highest BCUT2D eigenvalue weighted by atomic mass is 32.2. The molecule has 5 heterocycles. The third-order valence-electron chi connectivity index (χ3n) is 8.69. The van der Waals surface area contributed by atoms with Gasteiger partial charge in [0, 0.05) is 57.3 Å². The molecule has 7 rings (SSSR count). The SMILES string of the molecule is CN1CCN(Cc2ccc(NC(=O)c3n[nH]cc3Nc3ncnc4c3ccn4CCCc3ccc(S(=O)(=O)n4cncn4)cc3F)cc2)CC1. The zero-order valence-electron chi connectivity index (χ0n) is 27.2. The number of halogens is 1. The number of fused-ring (bicyclic) bond motifs is 1. The van der Waals surface area contributed by atoms with Gasteiger partial charge in [0.05, 0.1) is 16.0 Å². The van der Waals surface area contributed by atoms with E-state index in [1.165, 1.54) is 24.0 Å². The Morgan fingerprint density at radius 1 is 1.02 bits per heavy atom. The summed E-state index contributed by atoms with van der Waals surface area (Å²) >= 11 is 0. The van der Waals surface area contributed by atoms with Gasteiger partial charge in [0.25, 0.3) is 15.9 Å². The van der Waals surface area contributed by atoms with Crippen molar-refractivity contribution in [2.24, 2.45) is 0 Å². The van der Waals surface area contributed by atoms with Gasteiger partial charge in [0.1, 0.15) is 36.3 Å². The molecule has 1 aliphatic rings. The van der Waals surface area contributed by atoms with Crippen LogP contribution in [0.5, 0.6) is 0 Å². The van der Waals surface area contributed by atoms with E-state index >= 15 is 0 Å². The van der Waals surface area contributed by atoms with Crippen molar-refractivity contribution in [1.29, 1.82) is 0 Å². The Hall–Kier alpha value is -5.52. The summed E-state index contributed by atoms with van der Waals surface area (Å²) in [6.45, 7) is 5.58. The maximum Gasteiger partial charge on any atom is 0.284 e. The summed E-state index contributed by atoms with van der Waals surface area (Å²) in [5.74, 6) is -0.497. The van der Waals surface area contributed by atoms with E-state index in [9.17, 15) is 17.6 Å². The Kier molecular flexibility index (Phi) is 9.34. The molecule has 0 spiro atoms. The van der Waals surface area contributed by atoms with Gasteiger partial charge in [-0.3, -0.25) is 14.8 Å². The monoisotopic (exact) mass is 698 g/mol. The number of nitrogens with zero attached hydrogens (tertiary/aromatic N) is 9. The molecule has 1 aliphatic heterocycles. The molecule has 1 amide bonds. The molecule has 17 heteroatoms. The summed E-state index contributed by atoms with van der Waals surface area (Å²) in [5, 5.41) is 17.4. The second-order valence-corrected chi connectivity index (χ2v) is 13.9. The Morgan fingerprint density at radius 2 is 1.84 bits per heavy atom. The molecule has 15 nitrogen and oxygen atoms in total. The highest BCUT2D eigenvalue weighted by Crippen LogP contribution is 2.26. The number of aryl methyl sites for hydroxylation is 2. The Balaban J connectivity index is 0.970. The number of aromatic amines is 1. The molecule has 0 unspecified atom stereocenters. The fourth-order valence-corrected chi connectivity index (χ4v) is 6.93. The van der Waals surface area contributed by atoms with Crippen molar-refractivity contribution in [3.63, 3.8) is 0 Å². The second kappa shape index (κ2) is 14.1. The van der Waals surface area contributed by atoms with Crippen LogP contribution in [0.3, 0.4) is 0 Å². The Labute approximate surface area is 287 Å². The number of nitrogens with one attached hydrogen (secondary N) is 3. The molecule has 258 valence electrons. The van der Waals surface area contributed by atoms with Crippen molar-refractivity contribution in [2.45, 2.75) is 30.8 Å². The highest BCUT2D eigenvalue weighted by Gasteiger charge is 2.21. The molecule has 6 aromatic rings. The van der Waals surface area contributed by atoms with Gasteiger partial charge in [-0.05, 0) is 61.3 Å². The van der Waals surface area contributed by atoms with Crippen molar-refractivity contribution in [3.05, 3.63) is 103 Å². The van der Waals surface area contributed by atoms with E-state index in [1.54, 1.807) is 6.20 Å². The number of H-pyrrole nitrogens is 1. The third kappa shape index (κ3) is 7.10. The summed E-state index contributed by atoms with van der Waals surface area (Å²) in [6, 6.07) is 13.6. The number of carbonyl (C=O) groups excluding carboxylic acids is 1. The number of aromatic nitrogens is 8. The summed E-state index contributed by atoms with van der Waals surface area (Å²) in [4.78, 5) is 30.3. The van der Waals surface area contributed by atoms with Gasteiger partial charge in [0.15, 0.2) is 5.69 Å². The van der Waals surface area contributed by atoms with Gasteiger partial charge < -0.3 is 20.1 Å². The minimum absolute atomic E-state index is 0.180. The lowest BCUT2D eigenvalue weighted by molar-refractivity contribution is 0.102. The third-order valence-corrected chi connectivity index (χ3v) is 10.2. The smallest absolute Gasteiger partial charge is 0.284 e. The number of anilines is 3. The molecule has 3 N–H and O–H groups in total. The number of likely N-dealkylation sites (N-methyl/N-ethyl adjacent to an activating group) is 1. The molecule has 0 saturated carbocycles. The van der Waals surface area contributed by atoms with Crippen LogP contribution in [0.25, 0.3) is 11.0 Å². The lowest BCUT2D eigenvalue weighted by Gasteiger charge is -2.32. The van der Waals surface area contributed by atoms with E-state index in [2.05, 4.69) is 57.7 Å². The molecule has 0 radical (unpaired) electrons. The van der Waals surface area contributed by atoms with E-state index in [-0.39, 0.29) is 16.5 Å². The Bertz CT molecular complexity index is 2210. The summed E-state index contributed by atoms with van der Waals surface area (Å²) in [5.41, 5.74) is 3.53. The summed E-state index contributed by atoms with van der Waals surface area (Å²) in [6.07, 6.45) is 7.97. The quantitative estimate of drug-likeness (QED) is 0.171. The summed E-state index contributed by atoms with van der Waals surface area (Å²) < 4.78 is 42.8. The number of hydrogen-bond acceptors (Lipinski definition) is 11. The maximum absolute atomic E-state index is 14.9. The fraction of sp³-hybridized carbons (Fsp3) is 0.273. The van der Waals surface area contributed by atoms with Gasteiger partial charge >= 0.3 is 0 Å². The predicted molar refractivity (Wildman–Crippen MR) is 184 cm³/mol. The van der Waals surface area contributed by atoms with Crippen molar-refractivity contribution in [2.75, 3.05) is 43.9 Å². The van der Waals surface area contributed by atoms with Crippen LogP contribution in [0.4, 0.5) is 21.6 Å². The number of benzene rings is 2. The largest absolute Gasteiger partial charge is 0.336 e. The van der Waals surface area contributed by atoms with Gasteiger partial charge in [-0.2, -0.15) is 13.5 Å². The molecule has 0 atom stereocenters. The second-order valence-electron chi connectivity index (χ2n) is 12.1. The van der Waals surface area contributed by atoms with Crippen LogP contribution in [0, 0.1) is 5.82 Å². The maximum atomic E-state index is 14.9. The molecule has 50 heavy (non-hydrogen) atoms. The topological polar surface area (TPSA) is 172 Å². The van der Waals surface area contributed by atoms with E-state index in [4.69, 9.17) is 0 Å². The van der Waals surface area contributed by atoms with E-state index in [0.717, 1.165) is 56.8 Å². The molecule has 0 aliphatic carbocycles. The first-order valence-electron chi connectivity index (χ1n) is 16.0. The first-order chi connectivity index (χ1) is 24.2. The average Bonchev–Trinajstić information content (AvgIpc) is 3.90. The predicted octanol–water partition coefficient (Wildman–Crippen LogP) is 3.50. The molecule has 1 saturated heterocycles. The lowest BCUT2D eigenvalue weighted by atomic mass is 10.1. The molecule has 0 bridgehead atoms. The van der Waals surface area contributed by atoms with E-state index in [1.807, 2.05) is 41.1 Å². The van der Waals surface area contributed by atoms with Crippen LogP contribution in [0.15, 0.2) is 84.8 Å². The molecule has 1 fully saturated rings. The lowest BCUT2D eigenvalue weighted by Crippen LogP contribution is -2.43. The van der Waals surface area contributed by atoms with Gasteiger partial charge in [-0.25, -0.2) is 19.3 Å². The summed E-state index contributed by atoms with van der Waals surface area (Å²) in [7, 11) is -1.88. The van der Waals surface area contributed by atoms with Crippen LogP contribution in [-0.2, 0) is 29.5 Å². The highest BCUT2D eigenvalue weighted by molar-refractivity contribution is 7.89. The molecule has 4 aromatic heterocycles. The number of carbonyl (C=O) groups is 1. The molecular formula is C33H35FN12O3S. The minimum Gasteiger partial charge on any atom is -0.336 e. The first kappa shape index (κ1) is 33.0.